The van der Waals surface area contributed by atoms with Crippen molar-refractivity contribution in [1.82, 2.24) is 4.40 Å². The third kappa shape index (κ3) is 1.54. The van der Waals surface area contributed by atoms with E-state index in [-0.39, 0.29) is 5.97 Å². The first kappa shape index (κ1) is 9.58. The van der Waals surface area contributed by atoms with Gasteiger partial charge < -0.3 is 9.47 Å². The van der Waals surface area contributed by atoms with Gasteiger partial charge >= 0.3 is 5.97 Å². The number of rotatable bonds is 2. The van der Waals surface area contributed by atoms with Crippen molar-refractivity contribution in [1.29, 1.82) is 0 Å². The molecule has 0 N–H and O–H groups in total. The van der Waals surface area contributed by atoms with E-state index in [1.807, 2.05) is 22.7 Å². The van der Waals surface area contributed by atoms with Crippen LogP contribution >= 0.6 is 0 Å². The number of hydrogen-bond acceptors (Lipinski definition) is 3. The number of methoxy groups -OCH3 is 2. The maximum atomic E-state index is 11.4. The fourth-order valence-corrected chi connectivity index (χ4v) is 1.51. The summed E-state index contributed by atoms with van der Waals surface area (Å²) in [7, 11) is 2.92. The molecular formula is C11H11NO3. The first-order chi connectivity index (χ1) is 7.26. The molecule has 0 unspecified atom stereocenters. The normalized spacial score (nSPS) is 10.3. The molecule has 0 bridgehead atoms. The van der Waals surface area contributed by atoms with E-state index < -0.39 is 0 Å². The van der Waals surface area contributed by atoms with Crippen LogP contribution < -0.4 is 4.74 Å². The van der Waals surface area contributed by atoms with Gasteiger partial charge in [0, 0.05) is 17.8 Å². The van der Waals surface area contributed by atoms with Crippen LogP contribution in [-0.2, 0) is 4.74 Å². The molecule has 0 spiro atoms. The Kier molecular flexibility index (Phi) is 2.33. The summed E-state index contributed by atoms with van der Waals surface area (Å²) in [6, 6.07) is 7.20. The summed E-state index contributed by atoms with van der Waals surface area (Å²) in [5, 5.41) is 0. The minimum atomic E-state index is -0.364. The van der Waals surface area contributed by atoms with Gasteiger partial charge in [0.15, 0.2) is 5.88 Å². The SMILES string of the molecule is COC(=O)c1cc(OC)n2cccc2c1. The van der Waals surface area contributed by atoms with Crippen molar-refractivity contribution in [2.75, 3.05) is 14.2 Å². The first-order valence-corrected chi connectivity index (χ1v) is 4.49. The van der Waals surface area contributed by atoms with Gasteiger partial charge in [-0.05, 0) is 18.2 Å². The van der Waals surface area contributed by atoms with E-state index in [2.05, 4.69) is 4.74 Å². The average molecular weight is 205 g/mol. The van der Waals surface area contributed by atoms with Crippen molar-refractivity contribution in [3.8, 4) is 5.88 Å². The number of carbonyl (C=O) groups is 1. The highest BCUT2D eigenvalue weighted by Crippen LogP contribution is 2.19. The van der Waals surface area contributed by atoms with Crippen LogP contribution in [0.4, 0.5) is 0 Å². The summed E-state index contributed by atoms with van der Waals surface area (Å²) < 4.78 is 11.7. The van der Waals surface area contributed by atoms with Gasteiger partial charge in [0.2, 0.25) is 0 Å². The predicted octanol–water partition coefficient (Wildman–Crippen LogP) is 1.73. The lowest BCUT2D eigenvalue weighted by Gasteiger charge is -2.07. The van der Waals surface area contributed by atoms with Gasteiger partial charge in [-0.3, -0.25) is 4.40 Å². The van der Waals surface area contributed by atoms with Crippen LogP contribution in [0.1, 0.15) is 10.4 Å². The molecule has 0 atom stereocenters. The molecule has 0 aliphatic carbocycles. The van der Waals surface area contributed by atoms with Crippen molar-refractivity contribution >= 4 is 11.5 Å². The lowest BCUT2D eigenvalue weighted by molar-refractivity contribution is 0.0600. The minimum absolute atomic E-state index is 0.364. The van der Waals surface area contributed by atoms with E-state index in [0.29, 0.717) is 11.4 Å². The van der Waals surface area contributed by atoms with E-state index in [4.69, 9.17) is 4.74 Å². The van der Waals surface area contributed by atoms with Crippen molar-refractivity contribution in [3.63, 3.8) is 0 Å². The molecule has 2 heterocycles. The topological polar surface area (TPSA) is 39.9 Å². The minimum Gasteiger partial charge on any atom is -0.482 e. The molecule has 0 aromatic carbocycles. The van der Waals surface area contributed by atoms with Crippen molar-refractivity contribution in [2.24, 2.45) is 0 Å². The lowest BCUT2D eigenvalue weighted by Crippen LogP contribution is -2.03. The molecule has 0 saturated carbocycles. The Morgan fingerprint density at radius 3 is 2.80 bits per heavy atom. The Bertz CT molecular complexity index is 502. The zero-order valence-electron chi connectivity index (χ0n) is 8.56. The van der Waals surface area contributed by atoms with E-state index in [1.165, 1.54) is 7.11 Å². The Labute approximate surface area is 87.0 Å². The number of carbonyl (C=O) groups excluding carboxylic acids is 1. The van der Waals surface area contributed by atoms with Gasteiger partial charge in [-0.2, -0.15) is 0 Å². The molecule has 2 rings (SSSR count). The Morgan fingerprint density at radius 1 is 1.33 bits per heavy atom. The maximum absolute atomic E-state index is 11.4. The van der Waals surface area contributed by atoms with Gasteiger partial charge in [-0.1, -0.05) is 0 Å². The largest absolute Gasteiger partial charge is 0.482 e. The Morgan fingerprint density at radius 2 is 2.13 bits per heavy atom. The second kappa shape index (κ2) is 3.65. The molecule has 4 heteroatoms. The van der Waals surface area contributed by atoms with Crippen LogP contribution in [0.2, 0.25) is 0 Å². The van der Waals surface area contributed by atoms with E-state index in [1.54, 1.807) is 19.2 Å². The number of fused-ring (bicyclic) bond motifs is 1. The van der Waals surface area contributed by atoms with Crippen LogP contribution in [0, 0.1) is 0 Å². The van der Waals surface area contributed by atoms with Crippen LogP contribution in [0.3, 0.4) is 0 Å². The lowest BCUT2D eigenvalue weighted by atomic mass is 10.2. The number of pyridine rings is 1. The van der Waals surface area contributed by atoms with Gasteiger partial charge in [0.1, 0.15) is 0 Å². The summed E-state index contributed by atoms with van der Waals surface area (Å²) in [4.78, 5) is 11.4. The van der Waals surface area contributed by atoms with Crippen molar-refractivity contribution < 1.29 is 14.3 Å². The second-order valence-corrected chi connectivity index (χ2v) is 3.08. The molecule has 0 fully saturated rings. The quantitative estimate of drug-likeness (QED) is 0.701. The summed E-state index contributed by atoms with van der Waals surface area (Å²) >= 11 is 0. The Hall–Kier alpha value is -1.97. The first-order valence-electron chi connectivity index (χ1n) is 4.49. The summed E-state index contributed by atoms with van der Waals surface area (Å²) in [5.74, 6) is 0.245. The van der Waals surface area contributed by atoms with Crippen molar-refractivity contribution in [3.05, 3.63) is 36.0 Å². The van der Waals surface area contributed by atoms with Crippen LogP contribution in [-0.4, -0.2) is 24.6 Å². The van der Waals surface area contributed by atoms with E-state index >= 15 is 0 Å². The van der Waals surface area contributed by atoms with Crippen LogP contribution in [0.5, 0.6) is 5.88 Å². The highest BCUT2D eigenvalue weighted by atomic mass is 16.5. The molecule has 4 nitrogen and oxygen atoms in total. The van der Waals surface area contributed by atoms with Gasteiger partial charge in [0.05, 0.1) is 19.8 Å². The van der Waals surface area contributed by atoms with E-state index in [9.17, 15) is 4.79 Å². The number of esters is 1. The summed E-state index contributed by atoms with van der Waals surface area (Å²) in [6.07, 6.45) is 1.87. The zero-order valence-corrected chi connectivity index (χ0v) is 8.56. The zero-order chi connectivity index (χ0) is 10.8. The monoisotopic (exact) mass is 205 g/mol. The van der Waals surface area contributed by atoms with Gasteiger partial charge in [-0.25, -0.2) is 4.79 Å². The summed E-state index contributed by atoms with van der Waals surface area (Å²) in [5.41, 5.74) is 1.38. The molecular weight excluding hydrogens is 194 g/mol. The van der Waals surface area contributed by atoms with Gasteiger partial charge in [-0.15, -0.1) is 0 Å². The third-order valence-corrected chi connectivity index (χ3v) is 2.23. The smallest absolute Gasteiger partial charge is 0.338 e. The number of hydrogen-bond donors (Lipinski definition) is 0. The van der Waals surface area contributed by atoms with Crippen LogP contribution in [0.15, 0.2) is 30.5 Å². The molecule has 2 aromatic heterocycles. The third-order valence-electron chi connectivity index (χ3n) is 2.23. The summed E-state index contributed by atoms with van der Waals surface area (Å²) in [6.45, 7) is 0. The number of nitrogens with zero attached hydrogens (tertiary/aromatic N) is 1. The van der Waals surface area contributed by atoms with E-state index in [0.717, 1.165) is 5.52 Å². The molecule has 0 aliphatic rings. The predicted molar refractivity (Wildman–Crippen MR) is 55.3 cm³/mol. The van der Waals surface area contributed by atoms with Gasteiger partial charge in [0.25, 0.3) is 0 Å². The Balaban J connectivity index is 2.63. The fourth-order valence-electron chi connectivity index (χ4n) is 1.51. The highest BCUT2D eigenvalue weighted by molar-refractivity contribution is 5.91. The molecule has 0 aliphatic heterocycles. The molecule has 2 aromatic rings. The average Bonchev–Trinajstić information content (AvgIpc) is 2.74. The number of ether oxygens (including phenoxy) is 2. The molecule has 0 amide bonds. The fraction of sp³-hybridized carbons (Fsp3) is 0.182. The highest BCUT2D eigenvalue weighted by Gasteiger charge is 2.10. The standard InChI is InChI=1S/C11H11NO3/c1-14-10-7-8(11(13)15-2)6-9-4-3-5-12(9)10/h3-7H,1-2H3. The van der Waals surface area contributed by atoms with Crippen LogP contribution in [0.25, 0.3) is 5.52 Å². The number of aromatic nitrogens is 1. The molecule has 15 heavy (non-hydrogen) atoms. The molecule has 0 saturated heterocycles. The maximum Gasteiger partial charge on any atom is 0.338 e. The molecule has 0 radical (unpaired) electrons. The molecule has 78 valence electrons. The van der Waals surface area contributed by atoms with Crippen molar-refractivity contribution in [2.45, 2.75) is 0 Å². The second-order valence-electron chi connectivity index (χ2n) is 3.08.